The van der Waals surface area contributed by atoms with Crippen molar-refractivity contribution in [1.82, 2.24) is 9.97 Å². The number of nitrogens with two attached hydrogens (primary N) is 1. The molecule has 4 rings (SSSR count). The lowest BCUT2D eigenvalue weighted by Gasteiger charge is -2.14. The van der Waals surface area contributed by atoms with Crippen molar-refractivity contribution in [3.8, 4) is 22.3 Å². The number of anilines is 1. The fourth-order valence-electron chi connectivity index (χ4n) is 3.24. The number of amides is 2. The molecule has 0 saturated heterocycles. The van der Waals surface area contributed by atoms with Gasteiger partial charge in [0.1, 0.15) is 5.82 Å². The summed E-state index contributed by atoms with van der Waals surface area (Å²) in [6, 6.07) is 11.5. The summed E-state index contributed by atoms with van der Waals surface area (Å²) in [6.45, 7) is 2.03. The Morgan fingerprint density at radius 3 is 2.57 bits per heavy atom. The third-order valence-electron chi connectivity index (χ3n) is 4.89. The van der Waals surface area contributed by atoms with Crippen LogP contribution in [-0.2, 0) is 4.79 Å². The van der Waals surface area contributed by atoms with E-state index in [4.69, 9.17) is 5.73 Å². The third kappa shape index (κ3) is 3.49. The van der Waals surface area contributed by atoms with Crippen molar-refractivity contribution in [3.63, 3.8) is 0 Å². The van der Waals surface area contributed by atoms with E-state index in [1.807, 2.05) is 37.3 Å². The summed E-state index contributed by atoms with van der Waals surface area (Å²) in [4.78, 5) is 33.0. The van der Waals surface area contributed by atoms with Crippen molar-refractivity contribution in [2.75, 3.05) is 5.32 Å². The number of carbonyl (C=O) groups is 2. The molecule has 0 spiro atoms. The van der Waals surface area contributed by atoms with Crippen molar-refractivity contribution in [3.05, 3.63) is 66.1 Å². The van der Waals surface area contributed by atoms with Gasteiger partial charge in [-0.15, -0.1) is 0 Å². The fourth-order valence-corrected chi connectivity index (χ4v) is 3.24. The Bertz CT molecular complexity index is 1070. The van der Waals surface area contributed by atoms with Crippen LogP contribution in [0.25, 0.3) is 22.3 Å². The van der Waals surface area contributed by atoms with E-state index in [-0.39, 0.29) is 11.8 Å². The first kappa shape index (κ1) is 17.9. The van der Waals surface area contributed by atoms with Gasteiger partial charge >= 0.3 is 0 Å². The van der Waals surface area contributed by atoms with Crippen LogP contribution >= 0.6 is 0 Å². The number of rotatable bonds is 5. The van der Waals surface area contributed by atoms with Crippen molar-refractivity contribution in [1.29, 1.82) is 0 Å². The molecule has 3 aromatic rings. The smallest absolute Gasteiger partial charge is 0.249 e. The first-order valence-electron chi connectivity index (χ1n) is 9.15. The molecule has 1 fully saturated rings. The minimum Gasteiger partial charge on any atom is -0.366 e. The molecule has 6 heteroatoms. The second-order valence-electron chi connectivity index (χ2n) is 6.99. The summed E-state index contributed by atoms with van der Waals surface area (Å²) in [7, 11) is 0. The number of carbonyl (C=O) groups excluding carboxylic acids is 2. The minimum absolute atomic E-state index is 0.0170. The van der Waals surface area contributed by atoms with E-state index in [1.165, 1.54) is 6.20 Å². The highest BCUT2D eigenvalue weighted by molar-refractivity contribution is 6.05. The van der Waals surface area contributed by atoms with Crippen molar-refractivity contribution in [2.45, 2.75) is 19.8 Å². The van der Waals surface area contributed by atoms with Gasteiger partial charge in [0.05, 0.1) is 5.56 Å². The van der Waals surface area contributed by atoms with Crippen LogP contribution in [0.5, 0.6) is 0 Å². The molecule has 1 aromatic carbocycles. The normalized spacial score (nSPS) is 13.2. The van der Waals surface area contributed by atoms with E-state index in [2.05, 4.69) is 15.3 Å². The van der Waals surface area contributed by atoms with E-state index in [1.54, 1.807) is 18.5 Å². The van der Waals surface area contributed by atoms with Crippen molar-refractivity contribution < 1.29 is 9.59 Å². The fraction of sp³-hybridized carbons (Fsp3) is 0.182. The van der Waals surface area contributed by atoms with Gasteiger partial charge in [0.15, 0.2) is 0 Å². The zero-order chi connectivity index (χ0) is 19.7. The number of aryl methyl sites for hydroxylation is 1. The maximum absolute atomic E-state index is 12.3. The van der Waals surface area contributed by atoms with Crippen LogP contribution in [-0.4, -0.2) is 21.8 Å². The molecule has 2 heterocycles. The number of hydrogen-bond donors (Lipinski definition) is 2. The van der Waals surface area contributed by atoms with Gasteiger partial charge in [-0.05, 0) is 43.0 Å². The second-order valence-corrected chi connectivity index (χ2v) is 6.99. The molecular weight excluding hydrogens is 352 g/mol. The van der Waals surface area contributed by atoms with Gasteiger partial charge in [-0.25, -0.2) is 4.98 Å². The van der Waals surface area contributed by atoms with E-state index in [9.17, 15) is 9.59 Å². The second kappa shape index (κ2) is 7.23. The van der Waals surface area contributed by atoms with Crippen LogP contribution in [0.1, 0.15) is 28.8 Å². The molecule has 0 unspecified atom stereocenters. The van der Waals surface area contributed by atoms with Gasteiger partial charge in [0.2, 0.25) is 11.8 Å². The Morgan fingerprint density at radius 1 is 1.11 bits per heavy atom. The molecule has 2 aromatic heterocycles. The van der Waals surface area contributed by atoms with Gasteiger partial charge in [-0.1, -0.05) is 24.3 Å². The standard InChI is InChI=1S/C22H20N4O2/c1-13-4-2-3-5-17(13)15-10-16(12-24-11-15)19-18(20(23)27)8-9-25-21(19)26-22(28)14-6-7-14/h2-5,8-12,14H,6-7H2,1H3,(H2,23,27)(H,25,26,28). The lowest BCUT2D eigenvalue weighted by Crippen LogP contribution is -2.18. The van der Waals surface area contributed by atoms with Crippen LogP contribution in [0.4, 0.5) is 5.82 Å². The minimum atomic E-state index is -0.583. The van der Waals surface area contributed by atoms with Crippen molar-refractivity contribution in [2.24, 2.45) is 11.7 Å². The summed E-state index contributed by atoms with van der Waals surface area (Å²) in [5.74, 6) is -0.320. The Morgan fingerprint density at radius 2 is 1.86 bits per heavy atom. The number of hydrogen-bond acceptors (Lipinski definition) is 4. The van der Waals surface area contributed by atoms with Gasteiger partial charge < -0.3 is 11.1 Å². The first-order valence-corrected chi connectivity index (χ1v) is 9.15. The van der Waals surface area contributed by atoms with Crippen LogP contribution < -0.4 is 11.1 Å². The molecule has 0 aliphatic heterocycles. The molecule has 28 heavy (non-hydrogen) atoms. The molecule has 3 N–H and O–H groups in total. The molecule has 6 nitrogen and oxygen atoms in total. The zero-order valence-electron chi connectivity index (χ0n) is 15.5. The average molecular weight is 372 g/mol. The van der Waals surface area contributed by atoms with Crippen LogP contribution in [0, 0.1) is 12.8 Å². The van der Waals surface area contributed by atoms with E-state index in [0.717, 1.165) is 29.5 Å². The zero-order valence-corrected chi connectivity index (χ0v) is 15.5. The lowest BCUT2D eigenvalue weighted by molar-refractivity contribution is -0.117. The molecule has 1 aliphatic rings. The predicted molar refractivity (Wildman–Crippen MR) is 108 cm³/mol. The molecule has 140 valence electrons. The Kier molecular flexibility index (Phi) is 4.61. The van der Waals surface area contributed by atoms with Crippen LogP contribution in [0.3, 0.4) is 0 Å². The average Bonchev–Trinajstić information content (AvgIpc) is 3.53. The number of pyridine rings is 2. The highest BCUT2D eigenvalue weighted by atomic mass is 16.2. The summed E-state index contributed by atoms with van der Waals surface area (Å²) < 4.78 is 0. The topological polar surface area (TPSA) is 98.0 Å². The molecule has 1 saturated carbocycles. The molecule has 2 amide bonds. The predicted octanol–water partition coefficient (Wildman–Crippen LogP) is 3.57. The van der Waals surface area contributed by atoms with Gasteiger partial charge in [-0.3, -0.25) is 14.6 Å². The number of nitrogens with one attached hydrogen (secondary N) is 1. The summed E-state index contributed by atoms with van der Waals surface area (Å²) >= 11 is 0. The van der Waals surface area contributed by atoms with Crippen molar-refractivity contribution >= 4 is 17.6 Å². The highest BCUT2D eigenvalue weighted by Crippen LogP contribution is 2.35. The quantitative estimate of drug-likeness (QED) is 0.715. The Labute approximate surface area is 162 Å². The summed E-state index contributed by atoms with van der Waals surface area (Å²) in [6.07, 6.45) is 6.65. The summed E-state index contributed by atoms with van der Waals surface area (Å²) in [5, 5.41) is 2.85. The number of aromatic nitrogens is 2. The number of benzene rings is 1. The third-order valence-corrected chi connectivity index (χ3v) is 4.89. The van der Waals surface area contributed by atoms with Gasteiger partial charge in [-0.2, -0.15) is 0 Å². The molecule has 0 bridgehead atoms. The Balaban J connectivity index is 1.83. The van der Waals surface area contributed by atoms with Crippen LogP contribution in [0.15, 0.2) is 55.0 Å². The largest absolute Gasteiger partial charge is 0.366 e. The van der Waals surface area contributed by atoms with Crippen LogP contribution in [0.2, 0.25) is 0 Å². The molecule has 1 aliphatic carbocycles. The van der Waals surface area contributed by atoms with E-state index < -0.39 is 5.91 Å². The lowest BCUT2D eigenvalue weighted by atomic mass is 9.96. The molecule has 0 radical (unpaired) electrons. The van der Waals surface area contributed by atoms with Gasteiger partial charge in [0.25, 0.3) is 0 Å². The monoisotopic (exact) mass is 372 g/mol. The number of primary amides is 1. The van der Waals surface area contributed by atoms with Gasteiger partial charge in [0, 0.05) is 41.2 Å². The SMILES string of the molecule is Cc1ccccc1-c1cncc(-c2c(C(N)=O)ccnc2NC(=O)C2CC2)c1. The number of nitrogens with zero attached hydrogens (tertiary/aromatic N) is 2. The van der Waals surface area contributed by atoms with E-state index >= 15 is 0 Å². The Hall–Kier alpha value is -3.54. The van der Waals surface area contributed by atoms with E-state index in [0.29, 0.717) is 22.5 Å². The highest BCUT2D eigenvalue weighted by Gasteiger charge is 2.31. The maximum atomic E-state index is 12.3. The maximum Gasteiger partial charge on any atom is 0.249 e. The molecular formula is C22H20N4O2. The summed E-state index contributed by atoms with van der Waals surface area (Å²) in [5.41, 5.74) is 10.1. The first-order chi connectivity index (χ1) is 13.5. The molecule has 0 atom stereocenters.